The smallest absolute Gasteiger partial charge is 0.410 e. The molecule has 1 heterocycles. The van der Waals surface area contributed by atoms with Crippen LogP contribution in [-0.4, -0.2) is 41.8 Å². The Kier molecular flexibility index (Phi) is 6.75. The molecule has 134 valence electrons. The fourth-order valence-corrected chi connectivity index (χ4v) is 3.84. The minimum atomic E-state index is -0.412. The van der Waals surface area contributed by atoms with E-state index in [1.165, 1.54) is 44.9 Å². The van der Waals surface area contributed by atoms with Crippen molar-refractivity contribution < 1.29 is 9.53 Å². The van der Waals surface area contributed by atoms with Crippen LogP contribution < -0.4 is 5.32 Å². The summed E-state index contributed by atoms with van der Waals surface area (Å²) in [6.45, 7) is 9.74. The van der Waals surface area contributed by atoms with Crippen LogP contribution in [0.3, 0.4) is 0 Å². The Morgan fingerprint density at radius 3 is 2.39 bits per heavy atom. The molecule has 0 aromatic rings. The van der Waals surface area contributed by atoms with Gasteiger partial charge in [-0.1, -0.05) is 19.8 Å². The summed E-state index contributed by atoms with van der Waals surface area (Å²) in [6.07, 6.45) is 9.92. The van der Waals surface area contributed by atoms with Crippen molar-refractivity contribution in [1.29, 1.82) is 0 Å². The molecular weight excluding hydrogens is 288 g/mol. The molecule has 0 bridgehead atoms. The number of carbonyl (C=O) groups excluding carboxylic acids is 1. The van der Waals surface area contributed by atoms with Crippen molar-refractivity contribution in [1.82, 2.24) is 10.2 Å². The second kappa shape index (κ2) is 8.36. The summed E-state index contributed by atoms with van der Waals surface area (Å²) in [5.74, 6) is 0.931. The van der Waals surface area contributed by atoms with Gasteiger partial charge >= 0.3 is 6.09 Å². The van der Waals surface area contributed by atoms with Crippen molar-refractivity contribution in [2.75, 3.05) is 13.1 Å². The van der Waals surface area contributed by atoms with Crippen LogP contribution in [0.25, 0.3) is 0 Å². The third-order valence-corrected chi connectivity index (χ3v) is 5.22. The van der Waals surface area contributed by atoms with Crippen LogP contribution in [0.1, 0.15) is 79.1 Å². The first-order valence-electron chi connectivity index (χ1n) is 9.61. The fourth-order valence-electron chi connectivity index (χ4n) is 3.84. The molecular formula is C19H36N2O2. The number of carbonyl (C=O) groups is 1. The van der Waals surface area contributed by atoms with E-state index < -0.39 is 5.60 Å². The standard InChI is InChI=1S/C19H36N2O2/c1-5-15-9-11-16(12-10-15)20-17-8-6-7-13-21(14-17)18(22)23-19(2,3)4/h15-17,20H,5-14H2,1-4H3. The summed E-state index contributed by atoms with van der Waals surface area (Å²) in [6, 6.07) is 1.06. The summed E-state index contributed by atoms with van der Waals surface area (Å²) >= 11 is 0. The van der Waals surface area contributed by atoms with Crippen molar-refractivity contribution in [3.63, 3.8) is 0 Å². The van der Waals surface area contributed by atoms with Crippen molar-refractivity contribution in [3.05, 3.63) is 0 Å². The van der Waals surface area contributed by atoms with Crippen LogP contribution in [-0.2, 0) is 4.74 Å². The molecule has 1 N–H and O–H groups in total. The maximum absolute atomic E-state index is 12.4. The van der Waals surface area contributed by atoms with E-state index in [0.717, 1.165) is 25.4 Å². The normalized spacial score (nSPS) is 29.9. The first kappa shape index (κ1) is 18.6. The van der Waals surface area contributed by atoms with Crippen molar-refractivity contribution in [2.45, 2.75) is 96.7 Å². The number of rotatable bonds is 3. The minimum Gasteiger partial charge on any atom is -0.444 e. The van der Waals surface area contributed by atoms with Crippen molar-refractivity contribution in [2.24, 2.45) is 5.92 Å². The molecule has 2 rings (SSSR count). The van der Waals surface area contributed by atoms with Crippen LogP contribution in [0.15, 0.2) is 0 Å². The molecule has 0 aromatic carbocycles. The van der Waals surface area contributed by atoms with Gasteiger partial charge in [0, 0.05) is 25.2 Å². The first-order valence-corrected chi connectivity index (χ1v) is 9.61. The van der Waals surface area contributed by atoms with Gasteiger partial charge in [-0.05, 0) is 65.2 Å². The number of hydrogen-bond donors (Lipinski definition) is 1. The number of nitrogens with zero attached hydrogens (tertiary/aromatic N) is 1. The largest absolute Gasteiger partial charge is 0.444 e. The SMILES string of the molecule is CCC1CCC(NC2CCCCN(C(=O)OC(C)(C)C)C2)CC1. The zero-order valence-electron chi connectivity index (χ0n) is 15.6. The van der Waals surface area contributed by atoms with E-state index >= 15 is 0 Å². The van der Waals surface area contributed by atoms with E-state index in [0.29, 0.717) is 12.1 Å². The van der Waals surface area contributed by atoms with Crippen LogP contribution in [0, 0.1) is 5.92 Å². The second-order valence-corrected chi connectivity index (χ2v) is 8.41. The van der Waals surface area contributed by atoms with E-state index in [2.05, 4.69) is 12.2 Å². The van der Waals surface area contributed by atoms with Gasteiger partial charge in [-0.15, -0.1) is 0 Å². The Morgan fingerprint density at radius 2 is 1.78 bits per heavy atom. The van der Waals surface area contributed by atoms with Crippen LogP contribution in [0.4, 0.5) is 4.79 Å². The van der Waals surface area contributed by atoms with E-state index in [9.17, 15) is 4.79 Å². The molecule has 0 spiro atoms. The Bertz CT molecular complexity index is 370. The molecule has 1 saturated carbocycles. The van der Waals surface area contributed by atoms with E-state index in [-0.39, 0.29) is 6.09 Å². The third-order valence-electron chi connectivity index (χ3n) is 5.22. The Balaban J connectivity index is 1.83. The molecule has 1 saturated heterocycles. The molecule has 2 fully saturated rings. The van der Waals surface area contributed by atoms with Gasteiger partial charge in [0.25, 0.3) is 0 Å². The highest BCUT2D eigenvalue weighted by molar-refractivity contribution is 5.68. The van der Waals surface area contributed by atoms with Crippen LogP contribution >= 0.6 is 0 Å². The molecule has 2 aliphatic rings. The maximum atomic E-state index is 12.4. The average molecular weight is 325 g/mol. The molecule has 23 heavy (non-hydrogen) atoms. The maximum Gasteiger partial charge on any atom is 0.410 e. The average Bonchev–Trinajstić information content (AvgIpc) is 2.72. The summed E-state index contributed by atoms with van der Waals surface area (Å²) < 4.78 is 5.56. The van der Waals surface area contributed by atoms with Gasteiger partial charge in [-0.3, -0.25) is 0 Å². The Hall–Kier alpha value is -0.770. The molecule has 0 radical (unpaired) electrons. The topological polar surface area (TPSA) is 41.6 Å². The third kappa shape index (κ3) is 6.33. The number of hydrogen-bond acceptors (Lipinski definition) is 3. The minimum absolute atomic E-state index is 0.152. The van der Waals surface area contributed by atoms with E-state index in [1.54, 1.807) is 0 Å². The van der Waals surface area contributed by atoms with Crippen molar-refractivity contribution in [3.8, 4) is 0 Å². The summed E-state index contributed by atoms with van der Waals surface area (Å²) in [5.41, 5.74) is -0.412. The lowest BCUT2D eigenvalue weighted by atomic mass is 9.84. The number of ether oxygens (including phenoxy) is 1. The summed E-state index contributed by atoms with van der Waals surface area (Å²) in [4.78, 5) is 14.3. The van der Waals surface area contributed by atoms with Gasteiger partial charge in [0.2, 0.25) is 0 Å². The lowest BCUT2D eigenvalue weighted by molar-refractivity contribution is 0.0240. The Morgan fingerprint density at radius 1 is 1.09 bits per heavy atom. The highest BCUT2D eigenvalue weighted by atomic mass is 16.6. The number of nitrogens with one attached hydrogen (secondary N) is 1. The van der Waals surface area contributed by atoms with Gasteiger partial charge < -0.3 is 15.0 Å². The molecule has 1 aliphatic carbocycles. The van der Waals surface area contributed by atoms with Gasteiger partial charge in [0.1, 0.15) is 5.60 Å². The quantitative estimate of drug-likeness (QED) is 0.840. The summed E-state index contributed by atoms with van der Waals surface area (Å²) in [5, 5.41) is 3.84. The molecule has 1 atom stereocenters. The lowest BCUT2D eigenvalue weighted by Crippen LogP contribution is -2.48. The fraction of sp³-hybridized carbons (Fsp3) is 0.947. The van der Waals surface area contributed by atoms with Gasteiger partial charge in [-0.2, -0.15) is 0 Å². The van der Waals surface area contributed by atoms with Crippen LogP contribution in [0.5, 0.6) is 0 Å². The monoisotopic (exact) mass is 324 g/mol. The van der Waals surface area contributed by atoms with E-state index in [4.69, 9.17) is 4.74 Å². The van der Waals surface area contributed by atoms with Crippen molar-refractivity contribution >= 4 is 6.09 Å². The predicted molar refractivity (Wildman–Crippen MR) is 94.6 cm³/mol. The molecule has 0 aromatic heterocycles. The van der Waals surface area contributed by atoms with Gasteiger partial charge in [0.15, 0.2) is 0 Å². The van der Waals surface area contributed by atoms with Gasteiger partial charge in [0.05, 0.1) is 0 Å². The molecule has 4 nitrogen and oxygen atoms in total. The number of amides is 1. The molecule has 1 unspecified atom stereocenters. The second-order valence-electron chi connectivity index (χ2n) is 8.41. The molecule has 4 heteroatoms. The summed E-state index contributed by atoms with van der Waals surface area (Å²) in [7, 11) is 0. The van der Waals surface area contributed by atoms with E-state index in [1.807, 2.05) is 25.7 Å². The lowest BCUT2D eigenvalue weighted by Gasteiger charge is -2.33. The van der Waals surface area contributed by atoms with Crippen LogP contribution in [0.2, 0.25) is 0 Å². The highest BCUT2D eigenvalue weighted by Gasteiger charge is 2.28. The first-order chi connectivity index (χ1) is 10.9. The zero-order valence-corrected chi connectivity index (χ0v) is 15.6. The predicted octanol–water partition coefficient (Wildman–Crippen LogP) is 4.33. The zero-order chi connectivity index (χ0) is 16.9. The highest BCUT2D eigenvalue weighted by Crippen LogP contribution is 2.27. The van der Waals surface area contributed by atoms with Gasteiger partial charge in [-0.25, -0.2) is 4.79 Å². The molecule has 1 amide bonds. The molecule has 1 aliphatic heterocycles. The number of likely N-dealkylation sites (tertiary alicyclic amines) is 1. The Labute approximate surface area is 142 Å².